The summed E-state index contributed by atoms with van der Waals surface area (Å²) in [6.07, 6.45) is 24.0. The predicted molar refractivity (Wildman–Crippen MR) is 342 cm³/mol. The van der Waals surface area contributed by atoms with Gasteiger partial charge in [-0.2, -0.15) is 0 Å². The van der Waals surface area contributed by atoms with Crippen LogP contribution in [0.5, 0.6) is 23.0 Å². The summed E-state index contributed by atoms with van der Waals surface area (Å²) in [5.41, 5.74) is 16.5. The second-order valence-electron chi connectivity index (χ2n) is 22.6. The van der Waals surface area contributed by atoms with Crippen LogP contribution in [0, 0.1) is 27.7 Å². The molecule has 434 valence electrons. The molecule has 0 saturated carbocycles. The van der Waals surface area contributed by atoms with Gasteiger partial charge in [0.05, 0.1) is 10.6 Å². The SMILES string of the molecule is CCCCc1c(C)ccc(OP(=O)(Oc2ccc(C)c(CCCC)c2CCCC)c2ccc(-c3ccc(P(=O)(Oc4ccc(C)c(CCCC)c4CCCC)Oc4ccc(C)c(CCCC)c4CCCC)cc3)cc2)c1CCCC. The molecular weight excluding hydrogens is 1020 g/mol. The summed E-state index contributed by atoms with van der Waals surface area (Å²) in [6, 6.07) is 32.2. The van der Waals surface area contributed by atoms with Crippen LogP contribution in [0.2, 0.25) is 0 Å². The average Bonchev–Trinajstić information content (AvgIpc) is 3.50. The van der Waals surface area contributed by atoms with Crippen molar-refractivity contribution in [1.29, 1.82) is 0 Å². The lowest BCUT2D eigenvalue weighted by molar-refractivity contribution is 0.393. The van der Waals surface area contributed by atoms with Crippen LogP contribution in [0.1, 0.15) is 225 Å². The zero-order valence-corrected chi connectivity index (χ0v) is 53.3. The molecule has 6 aromatic rings. The maximum atomic E-state index is 16.2. The van der Waals surface area contributed by atoms with Gasteiger partial charge in [0.25, 0.3) is 0 Å². The Hall–Kier alpha value is -5.02. The molecule has 0 aromatic heterocycles. The van der Waals surface area contributed by atoms with Crippen LogP contribution < -0.4 is 28.7 Å². The van der Waals surface area contributed by atoms with E-state index in [-0.39, 0.29) is 0 Å². The van der Waals surface area contributed by atoms with E-state index in [4.69, 9.17) is 18.1 Å². The van der Waals surface area contributed by atoms with Crippen molar-refractivity contribution in [3.8, 4) is 34.1 Å². The number of rotatable bonds is 35. The second kappa shape index (κ2) is 32.0. The van der Waals surface area contributed by atoms with E-state index in [9.17, 15) is 0 Å². The first kappa shape index (κ1) is 64.2. The first-order chi connectivity index (χ1) is 38.7. The minimum atomic E-state index is -4.08. The number of unbranched alkanes of at least 4 members (excludes halogenated alkanes) is 8. The molecule has 6 aromatic carbocycles. The fourth-order valence-corrected chi connectivity index (χ4v) is 14.5. The van der Waals surface area contributed by atoms with Crippen LogP contribution in [0.15, 0.2) is 97.1 Å². The highest BCUT2D eigenvalue weighted by Gasteiger charge is 2.36. The van der Waals surface area contributed by atoms with Crippen LogP contribution in [0.4, 0.5) is 0 Å². The first-order valence-corrected chi connectivity index (χ1v) is 34.5. The number of hydrogen-bond acceptors (Lipinski definition) is 6. The smallest absolute Gasteiger partial charge is 0.413 e. The summed E-state index contributed by atoms with van der Waals surface area (Å²) in [6.45, 7) is 26.5. The monoisotopic (exact) mass is 1120 g/mol. The van der Waals surface area contributed by atoms with Gasteiger partial charge < -0.3 is 18.1 Å². The summed E-state index contributed by atoms with van der Waals surface area (Å²) in [5, 5.41) is 0.980. The minimum absolute atomic E-state index is 0.490. The number of benzene rings is 6. The number of aryl methyl sites for hydroxylation is 4. The van der Waals surface area contributed by atoms with E-state index in [1.165, 1.54) is 44.5 Å². The summed E-state index contributed by atoms with van der Waals surface area (Å²) in [7, 11) is -8.17. The molecule has 0 aliphatic heterocycles. The van der Waals surface area contributed by atoms with E-state index >= 15 is 9.13 Å². The molecule has 0 amide bonds. The second-order valence-corrected chi connectivity index (χ2v) is 26.4. The third-order valence-electron chi connectivity index (χ3n) is 16.3. The molecule has 0 N–H and O–H groups in total. The lowest BCUT2D eigenvalue weighted by Crippen LogP contribution is -2.17. The van der Waals surface area contributed by atoms with Gasteiger partial charge in [0.1, 0.15) is 23.0 Å². The normalized spacial score (nSPS) is 11.8. The number of hydrogen-bond donors (Lipinski definition) is 0. The molecule has 0 spiro atoms. The maximum absolute atomic E-state index is 16.2. The van der Waals surface area contributed by atoms with Crippen molar-refractivity contribution >= 4 is 25.8 Å². The highest BCUT2D eigenvalue weighted by molar-refractivity contribution is 7.63. The highest BCUT2D eigenvalue weighted by Crippen LogP contribution is 2.53. The van der Waals surface area contributed by atoms with Crippen molar-refractivity contribution in [2.24, 2.45) is 0 Å². The molecule has 6 rings (SSSR count). The van der Waals surface area contributed by atoms with Crippen molar-refractivity contribution in [2.75, 3.05) is 0 Å². The van der Waals surface area contributed by atoms with E-state index in [1.807, 2.05) is 72.8 Å². The Kier molecular flexibility index (Phi) is 25.7. The lowest BCUT2D eigenvalue weighted by atomic mass is 9.93. The summed E-state index contributed by atoms with van der Waals surface area (Å²) < 4.78 is 60.4. The third kappa shape index (κ3) is 16.6. The van der Waals surface area contributed by atoms with E-state index in [0.717, 1.165) is 187 Å². The zero-order chi connectivity index (χ0) is 57.7. The van der Waals surface area contributed by atoms with Crippen LogP contribution in [0.3, 0.4) is 0 Å². The van der Waals surface area contributed by atoms with Crippen LogP contribution in [-0.2, 0) is 60.5 Å². The van der Waals surface area contributed by atoms with Crippen LogP contribution in [-0.4, -0.2) is 0 Å². The Morgan fingerprint density at radius 1 is 0.263 bits per heavy atom. The van der Waals surface area contributed by atoms with Gasteiger partial charge in [-0.05, 0) is 257 Å². The van der Waals surface area contributed by atoms with Gasteiger partial charge >= 0.3 is 15.2 Å². The molecule has 8 heteroatoms. The van der Waals surface area contributed by atoms with Crippen molar-refractivity contribution in [3.05, 3.63) is 164 Å². The zero-order valence-electron chi connectivity index (χ0n) is 51.6. The molecule has 0 unspecified atom stereocenters. The predicted octanol–water partition coefficient (Wildman–Crippen LogP) is 21.3. The van der Waals surface area contributed by atoms with Crippen molar-refractivity contribution in [3.63, 3.8) is 0 Å². The molecule has 0 atom stereocenters. The summed E-state index contributed by atoms with van der Waals surface area (Å²) in [5.74, 6) is 2.56. The van der Waals surface area contributed by atoms with Gasteiger partial charge in [-0.15, -0.1) is 0 Å². The average molecular weight is 1120 g/mol. The molecule has 0 aliphatic carbocycles. The molecule has 0 bridgehead atoms. The van der Waals surface area contributed by atoms with E-state index in [1.54, 1.807) is 0 Å². The fourth-order valence-electron chi connectivity index (χ4n) is 11.3. The van der Waals surface area contributed by atoms with Gasteiger partial charge in [-0.3, -0.25) is 0 Å². The minimum Gasteiger partial charge on any atom is -0.413 e. The van der Waals surface area contributed by atoms with E-state index < -0.39 is 15.2 Å². The Morgan fingerprint density at radius 2 is 0.450 bits per heavy atom. The third-order valence-corrected chi connectivity index (χ3v) is 19.9. The van der Waals surface area contributed by atoms with Crippen molar-refractivity contribution in [1.82, 2.24) is 0 Å². The van der Waals surface area contributed by atoms with E-state index in [2.05, 4.69) is 107 Å². The topological polar surface area (TPSA) is 71.1 Å². The van der Waals surface area contributed by atoms with Gasteiger partial charge in [0.15, 0.2) is 0 Å². The van der Waals surface area contributed by atoms with Gasteiger partial charge in [-0.25, -0.2) is 9.13 Å². The summed E-state index contributed by atoms with van der Waals surface area (Å²) >= 11 is 0. The van der Waals surface area contributed by atoms with Gasteiger partial charge in [0, 0.05) is 0 Å². The Labute approximate surface area is 485 Å². The Morgan fingerprint density at radius 3 is 0.637 bits per heavy atom. The lowest BCUT2D eigenvalue weighted by Gasteiger charge is -2.26. The van der Waals surface area contributed by atoms with Crippen LogP contribution >= 0.6 is 15.2 Å². The maximum Gasteiger partial charge on any atom is 0.462 e. The van der Waals surface area contributed by atoms with Crippen molar-refractivity contribution in [2.45, 2.75) is 237 Å². The molecule has 0 radical (unpaired) electrons. The van der Waals surface area contributed by atoms with Gasteiger partial charge in [-0.1, -0.05) is 155 Å². The van der Waals surface area contributed by atoms with Crippen LogP contribution in [0.25, 0.3) is 11.1 Å². The molecule has 0 aliphatic rings. The molecule has 0 heterocycles. The first-order valence-electron chi connectivity index (χ1n) is 31.4. The largest absolute Gasteiger partial charge is 0.462 e. The quantitative estimate of drug-likeness (QED) is 0.0369. The molecule has 0 saturated heterocycles. The Balaban J connectivity index is 1.47. The van der Waals surface area contributed by atoms with Crippen molar-refractivity contribution < 1.29 is 27.2 Å². The fraction of sp³-hybridized carbons (Fsp3) is 0.500. The molecule has 80 heavy (non-hydrogen) atoms. The molecular formula is C72H100O6P2. The molecule has 0 fully saturated rings. The van der Waals surface area contributed by atoms with Gasteiger partial charge in [0.2, 0.25) is 0 Å². The van der Waals surface area contributed by atoms with E-state index in [0.29, 0.717) is 33.6 Å². The standard InChI is InChI=1S/C72H100O6P2/c1-13-21-29-61-53(9)37-49-69(65(61)33-25-17-5)75-79(73,76-70-50-38-54(10)62(30-22-14-2)66(70)34-26-18-6)59-45-41-57(42-46-59)58-43-47-60(48-44-58)80(74,77-71-51-39-55(11)63(31-23-15-3)67(71)35-27-19-7)78-72-52-40-56(12)64(32-24-16-4)68(72)36-28-20-8/h37-52H,13-36H2,1-12H3. The summed E-state index contributed by atoms with van der Waals surface area (Å²) in [4.78, 5) is 0. The Bertz CT molecular complexity index is 2640. The molecule has 6 nitrogen and oxygen atoms in total. The highest BCUT2D eigenvalue weighted by atomic mass is 31.2.